The van der Waals surface area contributed by atoms with E-state index in [2.05, 4.69) is 19.1 Å². The topological polar surface area (TPSA) is 17.1 Å². The van der Waals surface area contributed by atoms with Gasteiger partial charge < -0.3 is 0 Å². The third kappa shape index (κ3) is 4.74. The first kappa shape index (κ1) is 12.4. The minimum atomic E-state index is 0.718. The molecule has 0 aliphatic carbocycles. The maximum atomic E-state index is 10.4. The zero-order valence-electron chi connectivity index (χ0n) is 9.73. The second-order valence-electron chi connectivity index (χ2n) is 3.71. The summed E-state index contributed by atoms with van der Waals surface area (Å²) in [4.78, 5) is 10.4. The maximum Gasteiger partial charge on any atom is 0.150 e. The molecule has 1 nitrogen and oxygen atoms in total. The lowest BCUT2D eigenvalue weighted by Crippen LogP contribution is -1.78. The number of carbonyl (C=O) groups is 1. The van der Waals surface area contributed by atoms with Crippen molar-refractivity contribution < 1.29 is 4.79 Å². The second kappa shape index (κ2) is 7.63. The van der Waals surface area contributed by atoms with Crippen molar-refractivity contribution in [1.29, 1.82) is 0 Å². The largest absolute Gasteiger partial charge is 0.298 e. The molecule has 0 amide bonds. The number of benzene rings is 1. The summed E-state index contributed by atoms with van der Waals surface area (Å²) in [6.45, 7) is 2.19. The van der Waals surface area contributed by atoms with Crippen molar-refractivity contribution in [3.63, 3.8) is 0 Å². The van der Waals surface area contributed by atoms with Crippen LogP contribution in [0.2, 0.25) is 0 Å². The zero-order chi connectivity index (χ0) is 11.6. The molecular formula is C15H18O. The monoisotopic (exact) mass is 214 g/mol. The Morgan fingerprint density at radius 2 is 1.75 bits per heavy atom. The van der Waals surface area contributed by atoms with E-state index in [4.69, 9.17) is 0 Å². The number of aldehydes is 1. The number of rotatable bonds is 6. The molecule has 0 spiro atoms. The third-order valence-corrected chi connectivity index (χ3v) is 2.33. The lowest BCUT2D eigenvalue weighted by molar-refractivity contribution is 0.112. The molecular weight excluding hydrogens is 196 g/mol. The Kier molecular flexibility index (Phi) is 5.94. The van der Waals surface area contributed by atoms with Crippen LogP contribution in [-0.2, 0) is 0 Å². The maximum absolute atomic E-state index is 10.4. The zero-order valence-corrected chi connectivity index (χ0v) is 9.73. The van der Waals surface area contributed by atoms with Crippen LogP contribution in [0.3, 0.4) is 0 Å². The Hall–Kier alpha value is -1.63. The highest BCUT2D eigenvalue weighted by Gasteiger charge is 1.88. The van der Waals surface area contributed by atoms with Gasteiger partial charge in [-0.05, 0) is 12.0 Å². The molecule has 0 heterocycles. The molecule has 0 radical (unpaired) electrons. The van der Waals surface area contributed by atoms with Gasteiger partial charge in [0.1, 0.15) is 6.29 Å². The van der Waals surface area contributed by atoms with Gasteiger partial charge in [0, 0.05) is 5.56 Å². The first-order valence-corrected chi connectivity index (χ1v) is 5.75. The van der Waals surface area contributed by atoms with Gasteiger partial charge in [0.15, 0.2) is 0 Å². The van der Waals surface area contributed by atoms with E-state index in [1.165, 1.54) is 12.8 Å². The fourth-order valence-electron chi connectivity index (χ4n) is 1.35. The second-order valence-corrected chi connectivity index (χ2v) is 3.71. The number of allylic oxidation sites excluding steroid dienone is 3. The summed E-state index contributed by atoms with van der Waals surface area (Å²) in [6.07, 6.45) is 12.8. The summed E-state index contributed by atoms with van der Waals surface area (Å²) in [5.41, 5.74) is 1.83. The average Bonchev–Trinajstić information content (AvgIpc) is 2.34. The number of unbranched alkanes of at least 4 members (excludes halogenated alkanes) is 2. The molecule has 1 aromatic carbocycles. The minimum Gasteiger partial charge on any atom is -0.298 e. The molecule has 0 fully saturated rings. The van der Waals surface area contributed by atoms with E-state index < -0.39 is 0 Å². The Balaban J connectivity index is 2.43. The molecule has 1 aromatic rings. The van der Waals surface area contributed by atoms with E-state index in [0.29, 0.717) is 0 Å². The molecule has 0 aromatic heterocycles. The van der Waals surface area contributed by atoms with E-state index >= 15 is 0 Å². The van der Waals surface area contributed by atoms with Crippen LogP contribution in [0.5, 0.6) is 0 Å². The van der Waals surface area contributed by atoms with Gasteiger partial charge in [-0.25, -0.2) is 0 Å². The number of hydrogen-bond acceptors (Lipinski definition) is 1. The van der Waals surface area contributed by atoms with Crippen LogP contribution in [0.15, 0.2) is 42.5 Å². The normalized spacial score (nSPS) is 11.3. The quantitative estimate of drug-likeness (QED) is 0.393. The number of carbonyl (C=O) groups excluding carboxylic acids is 1. The fourth-order valence-corrected chi connectivity index (χ4v) is 1.35. The Labute approximate surface area is 97.5 Å². The molecule has 0 atom stereocenters. The Bertz CT molecular complexity index is 358. The van der Waals surface area contributed by atoms with Gasteiger partial charge in [0.25, 0.3) is 0 Å². The summed E-state index contributed by atoms with van der Waals surface area (Å²) in [5, 5.41) is 0. The van der Waals surface area contributed by atoms with Crippen LogP contribution in [0.1, 0.15) is 42.1 Å². The molecule has 1 rings (SSSR count). The molecule has 0 saturated carbocycles. The van der Waals surface area contributed by atoms with Crippen molar-refractivity contribution in [2.45, 2.75) is 26.2 Å². The standard InChI is InChI=1S/C15H18O/c1-2-3-4-5-6-7-8-14-9-11-15(13-16)12-10-14/h5-13H,2-4H2,1H3/b6-5-,8-7+. The van der Waals surface area contributed by atoms with Gasteiger partial charge in [-0.3, -0.25) is 4.79 Å². The third-order valence-electron chi connectivity index (χ3n) is 2.33. The summed E-state index contributed by atoms with van der Waals surface area (Å²) in [6, 6.07) is 7.54. The van der Waals surface area contributed by atoms with Crippen LogP contribution >= 0.6 is 0 Å². The summed E-state index contributed by atoms with van der Waals surface area (Å²) in [7, 11) is 0. The van der Waals surface area contributed by atoms with Crippen LogP contribution in [0, 0.1) is 0 Å². The molecule has 1 heteroatoms. The van der Waals surface area contributed by atoms with E-state index in [1.807, 2.05) is 36.4 Å². The summed E-state index contributed by atoms with van der Waals surface area (Å²) >= 11 is 0. The van der Waals surface area contributed by atoms with Gasteiger partial charge in [0.2, 0.25) is 0 Å². The highest BCUT2D eigenvalue weighted by molar-refractivity contribution is 5.75. The first-order chi connectivity index (χ1) is 7.86. The van der Waals surface area contributed by atoms with Gasteiger partial charge >= 0.3 is 0 Å². The van der Waals surface area contributed by atoms with Crippen molar-refractivity contribution in [3.8, 4) is 0 Å². The van der Waals surface area contributed by atoms with E-state index in [0.717, 1.165) is 23.8 Å². The fraction of sp³-hybridized carbons (Fsp3) is 0.267. The SMILES string of the molecule is CCCC/C=C\C=C\c1ccc(C=O)cc1. The molecule has 0 aliphatic rings. The highest BCUT2D eigenvalue weighted by Crippen LogP contribution is 2.04. The molecule has 0 saturated heterocycles. The van der Waals surface area contributed by atoms with Crippen molar-refractivity contribution in [2.75, 3.05) is 0 Å². The van der Waals surface area contributed by atoms with Crippen molar-refractivity contribution in [3.05, 3.63) is 53.6 Å². The van der Waals surface area contributed by atoms with E-state index in [9.17, 15) is 4.79 Å². The van der Waals surface area contributed by atoms with Crippen LogP contribution in [0.25, 0.3) is 6.08 Å². The van der Waals surface area contributed by atoms with Crippen molar-refractivity contribution >= 4 is 12.4 Å². The Morgan fingerprint density at radius 3 is 2.38 bits per heavy atom. The number of hydrogen-bond donors (Lipinski definition) is 0. The van der Waals surface area contributed by atoms with Crippen LogP contribution in [-0.4, -0.2) is 6.29 Å². The molecule has 0 aliphatic heterocycles. The van der Waals surface area contributed by atoms with Crippen molar-refractivity contribution in [2.24, 2.45) is 0 Å². The molecule has 0 N–H and O–H groups in total. The highest BCUT2D eigenvalue weighted by atomic mass is 16.1. The summed E-state index contributed by atoms with van der Waals surface area (Å²) < 4.78 is 0. The van der Waals surface area contributed by atoms with Crippen LogP contribution in [0.4, 0.5) is 0 Å². The van der Waals surface area contributed by atoms with E-state index in [1.54, 1.807) is 0 Å². The lowest BCUT2D eigenvalue weighted by atomic mass is 10.1. The Morgan fingerprint density at radius 1 is 1.06 bits per heavy atom. The minimum absolute atomic E-state index is 0.718. The predicted octanol–water partition coefficient (Wildman–Crippen LogP) is 4.26. The van der Waals surface area contributed by atoms with Gasteiger partial charge in [0.05, 0.1) is 0 Å². The summed E-state index contributed by atoms with van der Waals surface area (Å²) in [5.74, 6) is 0. The van der Waals surface area contributed by atoms with Gasteiger partial charge in [-0.1, -0.05) is 68.3 Å². The molecule has 84 valence electrons. The molecule has 16 heavy (non-hydrogen) atoms. The molecule has 0 bridgehead atoms. The van der Waals surface area contributed by atoms with Gasteiger partial charge in [-0.15, -0.1) is 0 Å². The lowest BCUT2D eigenvalue weighted by Gasteiger charge is -1.92. The van der Waals surface area contributed by atoms with Crippen LogP contribution < -0.4 is 0 Å². The predicted molar refractivity (Wildman–Crippen MR) is 69.5 cm³/mol. The van der Waals surface area contributed by atoms with E-state index in [-0.39, 0.29) is 0 Å². The van der Waals surface area contributed by atoms with Crippen molar-refractivity contribution in [1.82, 2.24) is 0 Å². The first-order valence-electron chi connectivity index (χ1n) is 5.75. The van der Waals surface area contributed by atoms with Gasteiger partial charge in [-0.2, -0.15) is 0 Å². The smallest absolute Gasteiger partial charge is 0.150 e. The average molecular weight is 214 g/mol. The molecule has 0 unspecified atom stereocenters.